The Balaban J connectivity index is 2.21. The van der Waals surface area contributed by atoms with E-state index in [0.717, 1.165) is 11.6 Å². The van der Waals surface area contributed by atoms with Crippen molar-refractivity contribution < 1.29 is 13.9 Å². The summed E-state index contributed by atoms with van der Waals surface area (Å²) in [7, 11) is 1.25. The normalized spacial score (nSPS) is 10.1. The minimum absolute atomic E-state index is 0.0452. The summed E-state index contributed by atoms with van der Waals surface area (Å²) in [6.45, 7) is 0.407. The number of aromatic nitrogens is 1. The van der Waals surface area contributed by atoms with Crippen molar-refractivity contribution in [3.05, 3.63) is 53.6 Å². The molecule has 0 fully saturated rings. The molecule has 6 heteroatoms. The van der Waals surface area contributed by atoms with Crippen LogP contribution < -0.4 is 11.1 Å². The molecule has 1 heterocycles. The molecule has 0 saturated carbocycles. The van der Waals surface area contributed by atoms with Crippen molar-refractivity contribution in [2.45, 2.75) is 6.54 Å². The second-order valence-corrected chi connectivity index (χ2v) is 4.12. The number of halogens is 1. The summed E-state index contributed by atoms with van der Waals surface area (Å²) in [6, 6.07) is 6.06. The number of hydrogen-bond donors (Lipinski definition) is 2. The number of benzene rings is 1. The van der Waals surface area contributed by atoms with E-state index < -0.39 is 11.8 Å². The molecule has 3 N–H and O–H groups in total. The lowest BCUT2D eigenvalue weighted by Gasteiger charge is -2.11. The molecule has 5 nitrogen and oxygen atoms in total. The van der Waals surface area contributed by atoms with Gasteiger partial charge >= 0.3 is 5.97 Å². The maximum absolute atomic E-state index is 13.8. The Hall–Kier alpha value is -2.63. The van der Waals surface area contributed by atoms with E-state index >= 15 is 0 Å². The summed E-state index contributed by atoms with van der Waals surface area (Å²) in [5.41, 5.74) is 6.90. The average Bonchev–Trinajstić information content (AvgIpc) is 2.46. The molecule has 0 spiro atoms. The molecule has 104 valence electrons. The van der Waals surface area contributed by atoms with Crippen molar-refractivity contribution in [3.63, 3.8) is 0 Å². The summed E-state index contributed by atoms with van der Waals surface area (Å²) in [6.07, 6.45) is 3.30. The molecular weight excluding hydrogens is 261 g/mol. The van der Waals surface area contributed by atoms with Crippen molar-refractivity contribution in [3.8, 4) is 0 Å². The van der Waals surface area contributed by atoms with Gasteiger partial charge in [0.05, 0.1) is 18.4 Å². The quantitative estimate of drug-likeness (QED) is 0.660. The third-order valence-corrected chi connectivity index (χ3v) is 2.78. The number of anilines is 2. The number of nitrogen functional groups attached to an aromatic ring is 1. The van der Waals surface area contributed by atoms with Crippen molar-refractivity contribution >= 4 is 17.3 Å². The van der Waals surface area contributed by atoms with Crippen LogP contribution in [0, 0.1) is 5.82 Å². The molecule has 0 radical (unpaired) electrons. The molecule has 1 aromatic carbocycles. The summed E-state index contributed by atoms with van der Waals surface area (Å²) >= 11 is 0. The van der Waals surface area contributed by atoms with Gasteiger partial charge in [0, 0.05) is 24.6 Å². The van der Waals surface area contributed by atoms with Gasteiger partial charge in [-0.1, -0.05) is 0 Å². The number of nitrogens with zero attached hydrogens (tertiary/aromatic N) is 1. The van der Waals surface area contributed by atoms with Crippen LogP contribution in [0.2, 0.25) is 0 Å². The molecule has 2 rings (SSSR count). The number of pyridine rings is 1. The first-order valence-corrected chi connectivity index (χ1v) is 5.92. The number of carbonyl (C=O) groups is 1. The summed E-state index contributed by atoms with van der Waals surface area (Å²) in [4.78, 5) is 15.4. The second-order valence-electron chi connectivity index (χ2n) is 4.12. The molecule has 0 saturated heterocycles. The van der Waals surface area contributed by atoms with Crippen LogP contribution in [0.3, 0.4) is 0 Å². The Morgan fingerprint density at radius 3 is 2.75 bits per heavy atom. The van der Waals surface area contributed by atoms with E-state index in [1.54, 1.807) is 12.4 Å². The van der Waals surface area contributed by atoms with Gasteiger partial charge in [-0.15, -0.1) is 0 Å². The number of carbonyl (C=O) groups excluding carboxylic acids is 1. The van der Waals surface area contributed by atoms with Crippen LogP contribution in [-0.4, -0.2) is 18.1 Å². The molecule has 2 aromatic rings. The minimum atomic E-state index is -0.602. The molecule has 0 amide bonds. The Labute approximate surface area is 115 Å². The van der Waals surface area contributed by atoms with Crippen LogP contribution in [-0.2, 0) is 11.3 Å². The van der Waals surface area contributed by atoms with Gasteiger partial charge in [-0.25, -0.2) is 9.18 Å². The zero-order chi connectivity index (χ0) is 14.5. The maximum atomic E-state index is 13.8. The first-order valence-electron chi connectivity index (χ1n) is 5.92. The number of esters is 1. The fraction of sp³-hybridized carbons (Fsp3) is 0.143. The lowest BCUT2D eigenvalue weighted by atomic mass is 10.1. The molecule has 0 aliphatic rings. The molecule has 0 atom stereocenters. The van der Waals surface area contributed by atoms with E-state index in [1.165, 1.54) is 13.2 Å². The first kappa shape index (κ1) is 13.8. The van der Waals surface area contributed by atoms with Gasteiger partial charge in [0.2, 0.25) is 0 Å². The van der Waals surface area contributed by atoms with Gasteiger partial charge in [0.15, 0.2) is 0 Å². The largest absolute Gasteiger partial charge is 0.465 e. The molecule has 1 aromatic heterocycles. The van der Waals surface area contributed by atoms with E-state index in [9.17, 15) is 9.18 Å². The van der Waals surface area contributed by atoms with Crippen LogP contribution in [0.4, 0.5) is 15.8 Å². The summed E-state index contributed by atoms with van der Waals surface area (Å²) in [5.74, 6) is -1.13. The van der Waals surface area contributed by atoms with Crippen molar-refractivity contribution in [2.24, 2.45) is 0 Å². The number of nitrogens with two attached hydrogens (primary N) is 1. The number of hydrogen-bond acceptors (Lipinski definition) is 5. The van der Waals surface area contributed by atoms with Crippen LogP contribution >= 0.6 is 0 Å². The Kier molecular flexibility index (Phi) is 4.14. The van der Waals surface area contributed by atoms with E-state index in [-0.39, 0.29) is 16.9 Å². The number of ether oxygens (including phenoxy) is 1. The highest BCUT2D eigenvalue weighted by Crippen LogP contribution is 2.23. The summed E-state index contributed by atoms with van der Waals surface area (Å²) in [5, 5.41) is 2.91. The van der Waals surface area contributed by atoms with E-state index in [2.05, 4.69) is 15.0 Å². The van der Waals surface area contributed by atoms with Gasteiger partial charge in [0.25, 0.3) is 0 Å². The monoisotopic (exact) mass is 275 g/mol. The molecule has 0 aliphatic heterocycles. The third-order valence-electron chi connectivity index (χ3n) is 2.78. The zero-order valence-corrected chi connectivity index (χ0v) is 10.9. The van der Waals surface area contributed by atoms with Gasteiger partial charge in [-0.05, 0) is 29.8 Å². The predicted octanol–water partition coefficient (Wildman–Crippen LogP) is 2.20. The van der Waals surface area contributed by atoms with Gasteiger partial charge in [-0.2, -0.15) is 0 Å². The maximum Gasteiger partial charge on any atom is 0.340 e. The highest BCUT2D eigenvalue weighted by atomic mass is 19.1. The van der Waals surface area contributed by atoms with Crippen molar-refractivity contribution in [1.82, 2.24) is 4.98 Å². The van der Waals surface area contributed by atoms with E-state index in [1.807, 2.05) is 12.1 Å². The molecule has 0 unspecified atom stereocenters. The highest BCUT2D eigenvalue weighted by Gasteiger charge is 2.14. The minimum Gasteiger partial charge on any atom is -0.465 e. The van der Waals surface area contributed by atoms with Gasteiger partial charge < -0.3 is 15.8 Å². The smallest absolute Gasteiger partial charge is 0.340 e. The zero-order valence-electron chi connectivity index (χ0n) is 10.9. The predicted molar refractivity (Wildman–Crippen MR) is 73.7 cm³/mol. The van der Waals surface area contributed by atoms with Crippen LogP contribution in [0.15, 0.2) is 36.7 Å². The molecule has 0 aliphatic carbocycles. The second kappa shape index (κ2) is 6.01. The van der Waals surface area contributed by atoms with Crippen LogP contribution in [0.1, 0.15) is 15.9 Å². The fourth-order valence-corrected chi connectivity index (χ4v) is 1.71. The fourth-order valence-electron chi connectivity index (χ4n) is 1.71. The lowest BCUT2D eigenvalue weighted by molar-refractivity contribution is 0.0602. The van der Waals surface area contributed by atoms with Gasteiger partial charge in [0.1, 0.15) is 5.82 Å². The topological polar surface area (TPSA) is 77.2 Å². The lowest BCUT2D eigenvalue weighted by Crippen LogP contribution is -2.09. The Morgan fingerprint density at radius 1 is 1.40 bits per heavy atom. The molecular formula is C14H14FN3O2. The standard InChI is InChI=1S/C14H14FN3O2/c1-20-14(19)10-6-13(11(15)7-12(10)16)18-8-9-2-4-17-5-3-9/h2-7,18H,8,16H2,1H3. The third kappa shape index (κ3) is 3.03. The highest BCUT2D eigenvalue weighted by molar-refractivity contribution is 5.96. The first-order chi connectivity index (χ1) is 9.61. The number of nitrogens with one attached hydrogen (secondary N) is 1. The summed E-state index contributed by atoms with van der Waals surface area (Å²) < 4.78 is 18.4. The van der Waals surface area contributed by atoms with Crippen LogP contribution in [0.25, 0.3) is 0 Å². The number of rotatable bonds is 4. The average molecular weight is 275 g/mol. The van der Waals surface area contributed by atoms with Crippen LogP contribution in [0.5, 0.6) is 0 Å². The molecule has 20 heavy (non-hydrogen) atoms. The van der Waals surface area contributed by atoms with Crippen molar-refractivity contribution in [2.75, 3.05) is 18.2 Å². The van der Waals surface area contributed by atoms with E-state index in [0.29, 0.717) is 6.54 Å². The molecule has 0 bridgehead atoms. The van der Waals surface area contributed by atoms with Crippen molar-refractivity contribution in [1.29, 1.82) is 0 Å². The van der Waals surface area contributed by atoms with E-state index in [4.69, 9.17) is 5.73 Å². The SMILES string of the molecule is COC(=O)c1cc(NCc2ccncc2)c(F)cc1N. The van der Waals surface area contributed by atoms with Gasteiger partial charge in [-0.3, -0.25) is 4.98 Å². The number of methoxy groups -OCH3 is 1. The Bertz CT molecular complexity index is 617. The Morgan fingerprint density at radius 2 is 2.10 bits per heavy atom.